The zero-order valence-electron chi connectivity index (χ0n) is 19.4. The fourth-order valence-corrected chi connectivity index (χ4v) is 2.88. The van der Waals surface area contributed by atoms with Gasteiger partial charge in [0.1, 0.15) is 0 Å². The second-order valence-electron chi connectivity index (χ2n) is 7.40. The number of hydrogen-bond donors (Lipinski definition) is 5. The highest BCUT2D eigenvalue weighted by atomic mass is 16.6. The van der Waals surface area contributed by atoms with Gasteiger partial charge in [0.25, 0.3) is 0 Å². The Balaban J connectivity index is 1.67. The largest absolute Gasteiger partial charge is 0.504 e. The normalized spacial score (nSPS) is 11.5. The molecular formula is C27H22O10. The number of ether oxygens (including phenoxy) is 3. The lowest BCUT2D eigenvalue weighted by Crippen LogP contribution is -2.10. The van der Waals surface area contributed by atoms with Crippen molar-refractivity contribution in [1.29, 1.82) is 0 Å². The maximum atomic E-state index is 12.1. The minimum absolute atomic E-state index is 0.0838. The third-order valence-electron chi connectivity index (χ3n) is 4.74. The second-order valence-corrected chi connectivity index (χ2v) is 7.40. The molecule has 3 rings (SSSR count). The fourth-order valence-electron chi connectivity index (χ4n) is 2.88. The molecule has 0 atom stereocenters. The quantitative estimate of drug-likeness (QED) is 0.130. The van der Waals surface area contributed by atoms with Crippen LogP contribution in [0.1, 0.15) is 16.7 Å². The van der Waals surface area contributed by atoms with E-state index in [1.807, 2.05) is 0 Å². The number of aromatic hydroxyl groups is 5. The summed E-state index contributed by atoms with van der Waals surface area (Å²) in [6, 6.07) is 12.1. The Kier molecular flexibility index (Phi) is 8.40. The standard InChI is InChI=1S/C27H22O10/c1-35-27(34)25(15-18-3-7-20(29)22(31)14-18)37-24-8-4-16(13-23(24)32)5-9-26(33)36-11-10-17-2-6-19(28)21(30)12-17/h2-15,28-32H,1H3. The van der Waals surface area contributed by atoms with Gasteiger partial charge in [-0.25, -0.2) is 9.59 Å². The van der Waals surface area contributed by atoms with Crippen LogP contribution in [-0.4, -0.2) is 44.6 Å². The molecule has 0 fully saturated rings. The average molecular weight is 506 g/mol. The lowest BCUT2D eigenvalue weighted by atomic mass is 10.1. The molecule has 3 aromatic carbocycles. The van der Waals surface area contributed by atoms with Gasteiger partial charge in [0.05, 0.1) is 13.4 Å². The van der Waals surface area contributed by atoms with Crippen molar-refractivity contribution in [2.45, 2.75) is 0 Å². The van der Waals surface area contributed by atoms with Crippen molar-refractivity contribution < 1.29 is 49.3 Å². The fraction of sp³-hybridized carbons (Fsp3) is 0.0370. The third-order valence-corrected chi connectivity index (χ3v) is 4.74. The van der Waals surface area contributed by atoms with Crippen LogP contribution >= 0.6 is 0 Å². The Bertz CT molecular complexity index is 1400. The molecule has 190 valence electrons. The van der Waals surface area contributed by atoms with E-state index >= 15 is 0 Å². The van der Waals surface area contributed by atoms with Gasteiger partial charge in [-0.3, -0.25) is 0 Å². The van der Waals surface area contributed by atoms with Crippen molar-refractivity contribution in [1.82, 2.24) is 0 Å². The number of rotatable bonds is 8. The number of phenolic OH excluding ortho intramolecular Hbond substituents is 5. The molecule has 0 aliphatic rings. The number of phenols is 5. The molecule has 3 aromatic rings. The summed E-state index contributed by atoms with van der Waals surface area (Å²) in [7, 11) is 1.14. The molecule has 0 amide bonds. The van der Waals surface area contributed by atoms with Crippen LogP contribution in [0.4, 0.5) is 0 Å². The lowest BCUT2D eigenvalue weighted by Gasteiger charge is -2.11. The molecule has 0 aliphatic heterocycles. The monoisotopic (exact) mass is 506 g/mol. The number of esters is 2. The van der Waals surface area contributed by atoms with Gasteiger partial charge in [-0.15, -0.1) is 0 Å². The molecule has 5 N–H and O–H groups in total. The predicted molar refractivity (Wildman–Crippen MR) is 132 cm³/mol. The minimum Gasteiger partial charge on any atom is -0.504 e. The van der Waals surface area contributed by atoms with Crippen LogP contribution in [0.25, 0.3) is 18.2 Å². The number of benzene rings is 3. The van der Waals surface area contributed by atoms with Crippen LogP contribution in [0.2, 0.25) is 0 Å². The Morgan fingerprint density at radius 1 is 0.703 bits per heavy atom. The van der Waals surface area contributed by atoms with E-state index < -0.39 is 17.7 Å². The summed E-state index contributed by atoms with van der Waals surface area (Å²) < 4.78 is 15.1. The molecule has 0 unspecified atom stereocenters. The molecule has 0 aromatic heterocycles. The van der Waals surface area contributed by atoms with Crippen molar-refractivity contribution in [3.05, 3.63) is 89.4 Å². The molecular weight excluding hydrogens is 484 g/mol. The maximum Gasteiger partial charge on any atom is 0.373 e. The van der Waals surface area contributed by atoms with Gasteiger partial charge in [-0.2, -0.15) is 0 Å². The first-order valence-electron chi connectivity index (χ1n) is 10.6. The summed E-state index contributed by atoms with van der Waals surface area (Å²) in [6.45, 7) is 0. The smallest absolute Gasteiger partial charge is 0.373 e. The number of carbonyl (C=O) groups is 2. The molecule has 0 saturated heterocycles. The van der Waals surface area contributed by atoms with E-state index in [0.717, 1.165) is 19.4 Å². The molecule has 10 nitrogen and oxygen atoms in total. The predicted octanol–water partition coefficient (Wildman–Crippen LogP) is 4.03. The van der Waals surface area contributed by atoms with Crippen LogP contribution in [0.15, 0.2) is 72.7 Å². The van der Waals surface area contributed by atoms with Crippen LogP contribution in [0.3, 0.4) is 0 Å². The topological polar surface area (TPSA) is 163 Å². The highest BCUT2D eigenvalue weighted by Gasteiger charge is 2.16. The van der Waals surface area contributed by atoms with Crippen LogP contribution in [0.5, 0.6) is 34.5 Å². The van der Waals surface area contributed by atoms with Gasteiger partial charge in [-0.05, 0) is 71.3 Å². The molecule has 0 heterocycles. The SMILES string of the molecule is COC(=O)C(=Cc1ccc(O)c(O)c1)Oc1ccc(C=CC(=O)OC=Cc2ccc(O)c(O)c2)cc1O. The highest BCUT2D eigenvalue weighted by Crippen LogP contribution is 2.31. The first-order chi connectivity index (χ1) is 17.7. The van der Waals surface area contributed by atoms with Gasteiger partial charge in [0.2, 0.25) is 5.76 Å². The van der Waals surface area contributed by atoms with E-state index in [2.05, 4.69) is 0 Å². The van der Waals surface area contributed by atoms with Crippen molar-refractivity contribution in [3.8, 4) is 34.5 Å². The molecule has 0 radical (unpaired) electrons. The zero-order valence-corrected chi connectivity index (χ0v) is 19.4. The molecule has 0 aliphatic carbocycles. The van der Waals surface area contributed by atoms with Gasteiger partial charge in [0.15, 0.2) is 34.5 Å². The van der Waals surface area contributed by atoms with E-state index in [4.69, 9.17) is 14.2 Å². The van der Waals surface area contributed by atoms with Gasteiger partial charge in [0, 0.05) is 6.08 Å². The van der Waals surface area contributed by atoms with E-state index in [9.17, 15) is 35.1 Å². The molecule has 37 heavy (non-hydrogen) atoms. The third kappa shape index (κ3) is 7.30. The zero-order chi connectivity index (χ0) is 26.9. The van der Waals surface area contributed by atoms with Crippen molar-refractivity contribution in [2.24, 2.45) is 0 Å². The van der Waals surface area contributed by atoms with Crippen LogP contribution in [0, 0.1) is 0 Å². The summed E-state index contributed by atoms with van der Waals surface area (Å²) in [5, 5.41) is 48.2. The molecule has 0 spiro atoms. The van der Waals surface area contributed by atoms with Crippen LogP contribution < -0.4 is 4.74 Å². The number of hydrogen-bond acceptors (Lipinski definition) is 10. The first kappa shape index (κ1) is 26.2. The summed E-state index contributed by atoms with van der Waals surface area (Å²) >= 11 is 0. The number of methoxy groups -OCH3 is 1. The van der Waals surface area contributed by atoms with E-state index in [1.54, 1.807) is 0 Å². The van der Waals surface area contributed by atoms with Gasteiger partial charge >= 0.3 is 11.9 Å². The van der Waals surface area contributed by atoms with E-state index in [-0.39, 0.29) is 34.5 Å². The second kappa shape index (κ2) is 11.8. The van der Waals surface area contributed by atoms with Crippen molar-refractivity contribution >= 4 is 30.2 Å². The van der Waals surface area contributed by atoms with Crippen molar-refractivity contribution in [3.63, 3.8) is 0 Å². The van der Waals surface area contributed by atoms with Gasteiger partial charge in [-0.1, -0.05) is 18.2 Å². The summed E-state index contributed by atoms with van der Waals surface area (Å²) in [5.74, 6) is -3.61. The minimum atomic E-state index is -0.853. The van der Waals surface area contributed by atoms with Gasteiger partial charge < -0.3 is 39.7 Å². The summed E-state index contributed by atoms with van der Waals surface area (Å²) in [4.78, 5) is 24.1. The van der Waals surface area contributed by atoms with E-state index in [1.165, 1.54) is 72.8 Å². The molecule has 0 saturated carbocycles. The van der Waals surface area contributed by atoms with Crippen molar-refractivity contribution in [2.75, 3.05) is 7.11 Å². The maximum absolute atomic E-state index is 12.1. The molecule has 10 heteroatoms. The van der Waals surface area contributed by atoms with E-state index in [0.29, 0.717) is 16.7 Å². The highest BCUT2D eigenvalue weighted by molar-refractivity contribution is 5.92. The Labute approximate surface area is 210 Å². The first-order valence-corrected chi connectivity index (χ1v) is 10.6. The Morgan fingerprint density at radius 3 is 1.89 bits per heavy atom. The summed E-state index contributed by atoms with van der Waals surface area (Å²) in [6.07, 6.45) is 6.27. The lowest BCUT2D eigenvalue weighted by molar-refractivity contribution is -0.138. The van der Waals surface area contributed by atoms with Crippen LogP contribution in [-0.2, 0) is 19.1 Å². The Morgan fingerprint density at radius 2 is 1.27 bits per heavy atom. The summed E-state index contributed by atoms with van der Waals surface area (Å²) in [5.41, 5.74) is 1.24. The molecule has 0 bridgehead atoms. The Hall–Kier alpha value is -5.38. The average Bonchev–Trinajstić information content (AvgIpc) is 2.87. The number of carbonyl (C=O) groups excluding carboxylic acids is 2.